The van der Waals surface area contributed by atoms with Gasteiger partial charge in [0.15, 0.2) is 0 Å². The van der Waals surface area contributed by atoms with Crippen LogP contribution in [0.5, 0.6) is 0 Å². The number of benzene rings is 2. The van der Waals surface area contributed by atoms with Crippen molar-refractivity contribution in [1.29, 1.82) is 0 Å². The van der Waals surface area contributed by atoms with Crippen LogP contribution in [-0.4, -0.2) is 6.88 Å². The van der Waals surface area contributed by atoms with Crippen LogP contribution in [0.25, 0.3) is 21.5 Å². The van der Waals surface area contributed by atoms with E-state index in [1.807, 2.05) is 0 Å². The van der Waals surface area contributed by atoms with Crippen LogP contribution in [0.2, 0.25) is 0 Å². The molecule has 0 nitrogen and oxygen atoms in total. The number of fused-ring (bicyclic) bond motifs is 2. The van der Waals surface area contributed by atoms with E-state index in [1.54, 1.807) is 0 Å². The third-order valence-corrected chi connectivity index (χ3v) is 4.24. The Morgan fingerprint density at radius 2 is 1.46 bits per heavy atom. The molecule has 28 heavy (non-hydrogen) atoms. The predicted molar refractivity (Wildman–Crippen MR) is 131 cm³/mol. The molecule has 4 aromatic rings. The number of hydrogen-bond acceptors (Lipinski definition) is 0. The second-order valence-corrected chi connectivity index (χ2v) is 5.65. The largest absolute Gasteiger partial charge is 0.168 e. The van der Waals surface area contributed by atoms with E-state index in [9.17, 15) is 0 Å². The van der Waals surface area contributed by atoms with Gasteiger partial charge >= 0.3 is 30.2 Å². The third-order valence-electron chi connectivity index (χ3n) is 4.24. The summed E-state index contributed by atoms with van der Waals surface area (Å²) in [4.78, 5) is 0. The van der Waals surface area contributed by atoms with Crippen LogP contribution in [-0.2, 0) is 36.2 Å². The van der Waals surface area contributed by atoms with Crippen molar-refractivity contribution in [3.63, 3.8) is 0 Å². The molecule has 4 aromatic carbocycles. The van der Waals surface area contributed by atoms with E-state index in [1.165, 1.54) is 56.0 Å². The number of aryl methyl sites for hydroxylation is 2. The van der Waals surface area contributed by atoms with Gasteiger partial charge in [0.2, 0.25) is 0 Å². The molecule has 0 spiro atoms. The Kier molecular flexibility index (Phi) is 19.7. The Labute approximate surface area is 200 Å². The molecule has 0 unspecified atom stereocenters. The molecule has 0 bridgehead atoms. The van der Waals surface area contributed by atoms with E-state index >= 15 is 0 Å². The van der Waals surface area contributed by atoms with Crippen LogP contribution in [0, 0.1) is 14.9 Å². The van der Waals surface area contributed by atoms with Gasteiger partial charge in [-0.3, -0.25) is 0 Å². The smallest absolute Gasteiger partial charge is 0.0809 e. The first-order valence-corrected chi connectivity index (χ1v) is 12.5. The summed E-state index contributed by atoms with van der Waals surface area (Å²) in [5, 5.41) is 5.51. The van der Waals surface area contributed by atoms with Gasteiger partial charge in [0.05, 0.1) is 0 Å². The van der Waals surface area contributed by atoms with Crippen LogP contribution in [0.3, 0.4) is 0 Å². The molecule has 4 rings (SSSR count). The van der Waals surface area contributed by atoms with Gasteiger partial charge in [-0.15, -0.1) is 89.0 Å². The number of hydrogen-bond donors (Lipinski definition) is 0. The zero-order chi connectivity index (χ0) is 17.4. The van der Waals surface area contributed by atoms with Crippen molar-refractivity contribution in [2.45, 2.75) is 26.7 Å². The Morgan fingerprint density at radius 3 is 2.07 bits per heavy atom. The molecule has 0 saturated carbocycles. The maximum Gasteiger partial charge on any atom is -0.0809 e. The van der Waals surface area contributed by atoms with Crippen molar-refractivity contribution in [3.05, 3.63) is 98.8 Å². The monoisotopic (exact) mass is 506 g/mol. The van der Waals surface area contributed by atoms with Crippen molar-refractivity contribution in [2.75, 3.05) is 0 Å². The molecule has 0 atom stereocenters. The van der Waals surface area contributed by atoms with Gasteiger partial charge in [-0.2, -0.15) is 23.6 Å². The molecule has 0 aromatic heterocycles. The van der Waals surface area contributed by atoms with Crippen LogP contribution in [0.15, 0.2) is 72.8 Å². The first-order valence-electron chi connectivity index (χ1n) is 8.34. The first-order chi connectivity index (χ1) is 11.8. The maximum absolute atomic E-state index is 3.06. The van der Waals surface area contributed by atoms with Gasteiger partial charge in [0.25, 0.3) is 0 Å². The molecule has 0 saturated heterocycles. The molecular formula is C24H30Cl2SiZr-4. The van der Waals surface area contributed by atoms with Crippen molar-refractivity contribution >= 4 is 53.2 Å². The van der Waals surface area contributed by atoms with Crippen LogP contribution < -0.4 is 0 Å². The van der Waals surface area contributed by atoms with E-state index in [0.717, 1.165) is 12.8 Å². The fourth-order valence-corrected chi connectivity index (χ4v) is 2.94. The van der Waals surface area contributed by atoms with E-state index in [4.69, 9.17) is 0 Å². The van der Waals surface area contributed by atoms with Crippen molar-refractivity contribution in [1.82, 2.24) is 0 Å². The average Bonchev–Trinajstić information content (AvgIpc) is 3.29. The minimum Gasteiger partial charge on any atom is -0.168 e. The minimum atomic E-state index is 0. The Morgan fingerprint density at radius 1 is 0.821 bits per heavy atom. The normalized spacial score (nSPS) is 8.46. The summed E-state index contributed by atoms with van der Waals surface area (Å²) in [6.07, 6.45) is 2.27. The topological polar surface area (TPSA) is 0 Å². The van der Waals surface area contributed by atoms with Crippen molar-refractivity contribution in [2.24, 2.45) is 0 Å². The fourth-order valence-electron chi connectivity index (χ4n) is 2.94. The summed E-state index contributed by atoms with van der Waals surface area (Å²) in [7, 11) is 0. The summed E-state index contributed by atoms with van der Waals surface area (Å²) in [6.45, 7) is 7.49. The number of halogens is 2. The molecule has 0 aliphatic rings. The molecule has 0 fully saturated rings. The Bertz CT molecular complexity index is 866. The van der Waals surface area contributed by atoms with E-state index < -0.39 is 0 Å². The summed E-state index contributed by atoms with van der Waals surface area (Å²) in [5.74, 6) is 0. The van der Waals surface area contributed by atoms with Crippen molar-refractivity contribution < 1.29 is 23.3 Å². The van der Waals surface area contributed by atoms with Gasteiger partial charge in [-0.25, -0.2) is 0 Å². The van der Waals surface area contributed by atoms with E-state index in [-0.39, 0.29) is 39.7 Å². The van der Waals surface area contributed by atoms with Gasteiger partial charge in [-0.1, -0.05) is 31.5 Å². The zero-order valence-electron chi connectivity index (χ0n) is 17.2. The molecule has 2 radical (unpaired) electrons. The fraction of sp³-hybridized carbons (Fsp3) is 0.167. The van der Waals surface area contributed by atoms with Crippen LogP contribution in [0.4, 0.5) is 0 Å². The Balaban J connectivity index is -0.000000375. The summed E-state index contributed by atoms with van der Waals surface area (Å²) < 4.78 is 0. The first kappa shape index (κ1) is 32.0. The summed E-state index contributed by atoms with van der Waals surface area (Å²) in [5.41, 5.74) is 2.92. The van der Waals surface area contributed by atoms with E-state index in [2.05, 4.69) is 93.5 Å². The minimum absolute atomic E-state index is 0. The molecule has 0 amide bonds. The molecule has 0 heterocycles. The second-order valence-electron chi connectivity index (χ2n) is 5.65. The SMILES string of the molecule is CCc1cc2c(CC)cccc2[cH-]1.Cl.Cl.[CH3-].[CH3-].[Si]=[Zr].c1ccc2[cH-]ccc2c1. The molecule has 0 N–H and O–H groups in total. The van der Waals surface area contributed by atoms with Crippen LogP contribution >= 0.6 is 24.8 Å². The number of rotatable bonds is 2. The van der Waals surface area contributed by atoms with Gasteiger partial charge in [-0.05, 0) is 12.8 Å². The summed E-state index contributed by atoms with van der Waals surface area (Å²) in [6, 6.07) is 25.9. The summed E-state index contributed by atoms with van der Waals surface area (Å²) >= 11 is 1.36. The quantitative estimate of drug-likeness (QED) is 0.193. The zero-order valence-corrected chi connectivity index (χ0v) is 22.2. The van der Waals surface area contributed by atoms with Gasteiger partial charge < -0.3 is 14.9 Å². The standard InChI is InChI=1S/C13H15.C9H7.2CH3.2ClH.Si.Zr/c1-3-10-8-12-7-5-6-11(4-2)13(12)9-10;1-2-5-9-7-3-6-8(9)4-1;;;;;;/h5-9H,3-4H2,1-2H3;1-7H;2*1H3;2*1H;;/q4*-1;;;;. The average molecular weight is 509 g/mol. The molecular weight excluding hydrogens is 478 g/mol. The predicted octanol–water partition coefficient (Wildman–Crippen LogP) is 7.60. The molecule has 4 heteroatoms. The van der Waals surface area contributed by atoms with Gasteiger partial charge in [0, 0.05) is 0 Å². The molecule has 0 aliphatic heterocycles. The van der Waals surface area contributed by atoms with Crippen molar-refractivity contribution in [3.8, 4) is 0 Å². The maximum atomic E-state index is 3.06. The van der Waals surface area contributed by atoms with Gasteiger partial charge in [0.1, 0.15) is 0 Å². The molecule has 152 valence electrons. The Hall–Kier alpha value is -0.660. The third kappa shape index (κ3) is 8.37. The second kappa shape index (κ2) is 17.2. The molecule has 0 aliphatic carbocycles. The van der Waals surface area contributed by atoms with E-state index in [0.29, 0.717) is 0 Å². The van der Waals surface area contributed by atoms with Crippen LogP contribution in [0.1, 0.15) is 25.0 Å².